The molecule has 0 saturated heterocycles. The monoisotopic (exact) mass is 251 g/mol. The number of hydrogen-bond acceptors (Lipinski definition) is 4. The lowest BCUT2D eigenvalue weighted by molar-refractivity contribution is 1.15. The van der Waals surface area contributed by atoms with Gasteiger partial charge in [0.2, 0.25) is 0 Å². The number of hydrogen-bond donors (Lipinski definition) is 2. The number of benzene rings is 1. The molecule has 82 valence electrons. The highest BCUT2D eigenvalue weighted by Gasteiger charge is 2.01. The lowest BCUT2D eigenvalue weighted by atomic mass is 10.4. The zero-order valence-electron chi connectivity index (χ0n) is 8.35. The summed E-state index contributed by atoms with van der Waals surface area (Å²) >= 11 is 7.31. The molecule has 1 heterocycles. The first kappa shape index (κ1) is 11.1. The summed E-state index contributed by atoms with van der Waals surface area (Å²) in [6.07, 6.45) is 0. The van der Waals surface area contributed by atoms with E-state index in [0.717, 1.165) is 9.92 Å². The van der Waals surface area contributed by atoms with Crippen molar-refractivity contribution >= 4 is 34.9 Å². The summed E-state index contributed by atoms with van der Waals surface area (Å²) in [7, 11) is 0. The third kappa shape index (κ3) is 2.59. The van der Waals surface area contributed by atoms with Gasteiger partial charge in [0.15, 0.2) is 0 Å². The fourth-order valence-electron chi connectivity index (χ4n) is 1.15. The second-order valence-electron chi connectivity index (χ2n) is 3.18. The molecule has 4 N–H and O–H groups in total. The van der Waals surface area contributed by atoms with Gasteiger partial charge in [0.05, 0.1) is 5.69 Å². The Balaban J connectivity index is 2.20. The molecule has 0 aliphatic rings. The number of nitrogens with two attached hydrogens (primary N) is 2. The van der Waals surface area contributed by atoms with Crippen LogP contribution < -0.4 is 11.5 Å². The normalized spacial score (nSPS) is 10.3. The van der Waals surface area contributed by atoms with Gasteiger partial charge >= 0.3 is 0 Å². The molecule has 16 heavy (non-hydrogen) atoms. The summed E-state index contributed by atoms with van der Waals surface area (Å²) < 4.78 is 0. The van der Waals surface area contributed by atoms with Crippen molar-refractivity contribution in [3.8, 4) is 0 Å². The van der Waals surface area contributed by atoms with Gasteiger partial charge in [-0.25, -0.2) is 4.98 Å². The van der Waals surface area contributed by atoms with Crippen LogP contribution in [0.3, 0.4) is 0 Å². The van der Waals surface area contributed by atoms with Crippen LogP contribution in [0, 0.1) is 0 Å². The maximum atomic E-state index is 5.80. The van der Waals surface area contributed by atoms with Gasteiger partial charge < -0.3 is 11.5 Å². The van der Waals surface area contributed by atoms with E-state index in [1.54, 1.807) is 6.07 Å². The van der Waals surface area contributed by atoms with Crippen molar-refractivity contribution in [3.63, 3.8) is 0 Å². The van der Waals surface area contributed by atoms with Crippen LogP contribution in [0.1, 0.15) is 0 Å². The van der Waals surface area contributed by atoms with E-state index in [-0.39, 0.29) is 0 Å². The molecule has 0 radical (unpaired) electrons. The van der Waals surface area contributed by atoms with Gasteiger partial charge in [0.1, 0.15) is 10.8 Å². The number of anilines is 2. The summed E-state index contributed by atoms with van der Waals surface area (Å²) in [5, 5.41) is 1.53. The Bertz CT molecular complexity index is 499. The average Bonchev–Trinajstić information content (AvgIpc) is 2.27. The number of halogens is 1. The van der Waals surface area contributed by atoms with E-state index in [2.05, 4.69) is 4.98 Å². The SMILES string of the molecule is Nc1ccc(Sc2ccc(Cl)cc2)nc1N. The van der Waals surface area contributed by atoms with E-state index in [1.165, 1.54) is 11.8 Å². The molecule has 0 aliphatic carbocycles. The van der Waals surface area contributed by atoms with Gasteiger partial charge in [-0.3, -0.25) is 0 Å². The van der Waals surface area contributed by atoms with E-state index in [4.69, 9.17) is 23.1 Å². The number of nitrogens with zero attached hydrogens (tertiary/aromatic N) is 1. The molecule has 0 fully saturated rings. The molecular weight excluding hydrogens is 242 g/mol. The molecule has 1 aromatic heterocycles. The largest absolute Gasteiger partial charge is 0.396 e. The molecule has 0 amide bonds. The quantitative estimate of drug-likeness (QED) is 0.861. The fraction of sp³-hybridized carbons (Fsp3) is 0. The predicted molar refractivity (Wildman–Crippen MR) is 68.6 cm³/mol. The van der Waals surface area contributed by atoms with Crippen LogP contribution in [0.4, 0.5) is 11.5 Å². The standard InChI is InChI=1S/C11H10ClN3S/c12-7-1-3-8(4-2-7)16-10-6-5-9(13)11(14)15-10/h1-6H,13H2,(H2,14,15). The molecular formula is C11H10ClN3S. The van der Waals surface area contributed by atoms with E-state index in [0.29, 0.717) is 16.5 Å². The number of nitrogen functional groups attached to an aromatic ring is 2. The van der Waals surface area contributed by atoms with Gasteiger partial charge in [-0.1, -0.05) is 23.4 Å². The predicted octanol–water partition coefficient (Wildman–Crippen LogP) is 3.05. The van der Waals surface area contributed by atoms with Crippen molar-refractivity contribution in [1.29, 1.82) is 0 Å². The van der Waals surface area contributed by atoms with Crippen LogP contribution in [-0.4, -0.2) is 4.98 Å². The molecule has 0 unspecified atom stereocenters. The molecule has 0 spiro atoms. The average molecular weight is 252 g/mol. The van der Waals surface area contributed by atoms with Crippen molar-refractivity contribution in [1.82, 2.24) is 4.98 Å². The third-order valence-electron chi connectivity index (χ3n) is 1.97. The van der Waals surface area contributed by atoms with Gasteiger partial charge in [-0.05, 0) is 36.4 Å². The van der Waals surface area contributed by atoms with Gasteiger partial charge in [0.25, 0.3) is 0 Å². The fourth-order valence-corrected chi connectivity index (χ4v) is 2.07. The highest BCUT2D eigenvalue weighted by atomic mass is 35.5. The Morgan fingerprint density at radius 1 is 1.00 bits per heavy atom. The first-order chi connectivity index (χ1) is 7.65. The first-order valence-electron chi connectivity index (χ1n) is 4.60. The maximum absolute atomic E-state index is 5.80. The molecule has 0 atom stereocenters. The molecule has 3 nitrogen and oxygen atoms in total. The molecule has 5 heteroatoms. The van der Waals surface area contributed by atoms with Gasteiger partial charge in [0, 0.05) is 9.92 Å². The van der Waals surface area contributed by atoms with E-state index < -0.39 is 0 Å². The van der Waals surface area contributed by atoms with Gasteiger partial charge in [-0.15, -0.1) is 0 Å². The zero-order chi connectivity index (χ0) is 11.5. The summed E-state index contributed by atoms with van der Waals surface area (Å²) in [4.78, 5) is 5.23. The van der Waals surface area contributed by atoms with E-state index in [9.17, 15) is 0 Å². The molecule has 0 bridgehead atoms. The molecule has 2 aromatic rings. The first-order valence-corrected chi connectivity index (χ1v) is 5.80. The van der Waals surface area contributed by atoms with Crippen molar-refractivity contribution in [3.05, 3.63) is 41.4 Å². The van der Waals surface area contributed by atoms with Crippen molar-refractivity contribution in [2.75, 3.05) is 11.5 Å². The highest BCUT2D eigenvalue weighted by molar-refractivity contribution is 7.99. The van der Waals surface area contributed by atoms with Crippen LogP contribution in [0.2, 0.25) is 5.02 Å². The lowest BCUT2D eigenvalue weighted by Gasteiger charge is -2.03. The van der Waals surface area contributed by atoms with Crippen molar-refractivity contribution in [2.45, 2.75) is 9.92 Å². The Morgan fingerprint density at radius 3 is 2.31 bits per heavy atom. The summed E-state index contributed by atoms with van der Waals surface area (Å²) in [5.74, 6) is 0.360. The lowest BCUT2D eigenvalue weighted by Crippen LogP contribution is -1.97. The van der Waals surface area contributed by atoms with Crippen LogP contribution in [0.25, 0.3) is 0 Å². The maximum Gasteiger partial charge on any atom is 0.147 e. The van der Waals surface area contributed by atoms with Crippen molar-refractivity contribution in [2.24, 2.45) is 0 Å². The Labute approximate surface area is 103 Å². The van der Waals surface area contributed by atoms with Gasteiger partial charge in [-0.2, -0.15) is 0 Å². The minimum Gasteiger partial charge on any atom is -0.396 e. The second-order valence-corrected chi connectivity index (χ2v) is 4.71. The number of aromatic nitrogens is 1. The molecule has 0 saturated carbocycles. The zero-order valence-corrected chi connectivity index (χ0v) is 9.92. The summed E-state index contributed by atoms with van der Waals surface area (Å²) in [5.41, 5.74) is 11.7. The van der Waals surface area contributed by atoms with Crippen LogP contribution in [-0.2, 0) is 0 Å². The number of rotatable bonds is 2. The highest BCUT2D eigenvalue weighted by Crippen LogP contribution is 2.28. The minimum atomic E-state index is 0.360. The van der Waals surface area contributed by atoms with E-state index in [1.807, 2.05) is 30.3 Å². The Morgan fingerprint density at radius 2 is 1.69 bits per heavy atom. The van der Waals surface area contributed by atoms with Crippen LogP contribution >= 0.6 is 23.4 Å². The minimum absolute atomic E-state index is 0.360. The Kier molecular flexibility index (Phi) is 3.22. The molecule has 0 aliphatic heterocycles. The molecule has 1 aromatic carbocycles. The second kappa shape index (κ2) is 4.63. The number of pyridine rings is 1. The van der Waals surface area contributed by atoms with Crippen LogP contribution in [0.15, 0.2) is 46.3 Å². The Hall–Kier alpha value is -1.39. The topological polar surface area (TPSA) is 64.9 Å². The smallest absolute Gasteiger partial charge is 0.147 e. The van der Waals surface area contributed by atoms with Crippen molar-refractivity contribution < 1.29 is 0 Å². The summed E-state index contributed by atoms with van der Waals surface area (Å²) in [6, 6.07) is 11.1. The van der Waals surface area contributed by atoms with Crippen LogP contribution in [0.5, 0.6) is 0 Å². The summed E-state index contributed by atoms with van der Waals surface area (Å²) in [6.45, 7) is 0. The van der Waals surface area contributed by atoms with E-state index >= 15 is 0 Å². The molecule has 2 rings (SSSR count). The third-order valence-corrected chi connectivity index (χ3v) is 3.16.